The van der Waals surface area contributed by atoms with Gasteiger partial charge in [0.1, 0.15) is 0 Å². The van der Waals surface area contributed by atoms with E-state index in [-0.39, 0.29) is 0 Å². The lowest BCUT2D eigenvalue weighted by molar-refractivity contribution is 0.312. The van der Waals surface area contributed by atoms with E-state index in [4.69, 9.17) is 10.1 Å². The van der Waals surface area contributed by atoms with Crippen molar-refractivity contribution < 1.29 is 5.21 Å². The summed E-state index contributed by atoms with van der Waals surface area (Å²) in [5.41, 5.74) is 0.500. The van der Waals surface area contributed by atoms with E-state index in [1.807, 2.05) is 0 Å². The SMILES string of the molecule is CC(C)(C)C.O=NO. The molecule has 0 aliphatic carbocycles. The van der Waals surface area contributed by atoms with Crippen molar-refractivity contribution in [3.05, 3.63) is 4.91 Å². The number of hydrogen-bond acceptors (Lipinski definition) is 2. The molecule has 0 rings (SSSR count). The Hall–Kier alpha value is -0.600. The van der Waals surface area contributed by atoms with E-state index in [2.05, 4.69) is 27.7 Å². The summed E-state index contributed by atoms with van der Waals surface area (Å²) in [6.45, 7) is 8.75. The molecule has 0 heterocycles. The number of rotatable bonds is 0. The highest BCUT2D eigenvalue weighted by Crippen LogP contribution is 2.07. The van der Waals surface area contributed by atoms with Crippen molar-refractivity contribution in [2.75, 3.05) is 0 Å². The maximum absolute atomic E-state index is 8.11. The molecule has 0 aliphatic rings. The van der Waals surface area contributed by atoms with E-state index in [9.17, 15) is 0 Å². The Morgan fingerprint density at radius 2 is 1.25 bits per heavy atom. The molecule has 0 fully saturated rings. The Labute approximate surface area is 49.6 Å². The standard InChI is InChI=1S/C5H12.HNO2/c1-5(2,3)4;2-1-3/h1-4H3;(H,2,3). The molecule has 0 spiro atoms. The first-order valence-corrected chi connectivity index (χ1v) is 2.38. The predicted octanol–water partition coefficient (Wildman–Crippen LogP) is 2.19. The minimum absolute atomic E-state index is 0.500. The van der Waals surface area contributed by atoms with Crippen LogP contribution in [-0.2, 0) is 0 Å². The van der Waals surface area contributed by atoms with Crippen molar-refractivity contribution >= 4 is 0 Å². The maximum Gasteiger partial charge on any atom is 0.152 e. The van der Waals surface area contributed by atoms with Crippen molar-refractivity contribution in [1.82, 2.24) is 0 Å². The summed E-state index contributed by atoms with van der Waals surface area (Å²) in [6, 6.07) is 0. The highest BCUT2D eigenvalue weighted by atomic mass is 16.6. The van der Waals surface area contributed by atoms with Crippen LogP contribution in [0.25, 0.3) is 0 Å². The van der Waals surface area contributed by atoms with Crippen molar-refractivity contribution in [2.45, 2.75) is 27.7 Å². The Morgan fingerprint density at radius 1 is 1.25 bits per heavy atom. The highest BCUT2D eigenvalue weighted by molar-refractivity contribution is 4.47. The maximum atomic E-state index is 8.11. The van der Waals surface area contributed by atoms with Crippen molar-refractivity contribution in [2.24, 2.45) is 10.8 Å². The first-order chi connectivity index (χ1) is 3.41. The second kappa shape index (κ2) is 4.56. The Bertz CT molecular complexity index is 49.9. The molecule has 0 radical (unpaired) electrons. The highest BCUT2D eigenvalue weighted by Gasteiger charge is 1.95. The molecule has 0 saturated heterocycles. The molecular weight excluding hydrogens is 106 g/mol. The summed E-state index contributed by atoms with van der Waals surface area (Å²) in [4.78, 5) is 8.11. The Kier molecular flexibility index (Phi) is 5.92. The van der Waals surface area contributed by atoms with Gasteiger partial charge in [-0.2, -0.15) is 0 Å². The summed E-state index contributed by atoms with van der Waals surface area (Å²) in [5, 5.41) is 7.89. The zero-order chi connectivity index (χ0) is 7.21. The van der Waals surface area contributed by atoms with Crippen LogP contribution in [0.3, 0.4) is 0 Å². The van der Waals surface area contributed by atoms with Gasteiger partial charge in [0.25, 0.3) is 0 Å². The third-order valence-corrected chi connectivity index (χ3v) is 0. The van der Waals surface area contributed by atoms with Crippen LogP contribution in [0, 0.1) is 10.3 Å². The molecule has 0 atom stereocenters. The first kappa shape index (κ1) is 10.4. The van der Waals surface area contributed by atoms with Gasteiger partial charge in [-0.25, -0.2) is 0 Å². The van der Waals surface area contributed by atoms with E-state index in [0.717, 1.165) is 0 Å². The first-order valence-electron chi connectivity index (χ1n) is 2.38. The number of hydrogen-bond donors (Lipinski definition) is 1. The predicted molar refractivity (Wildman–Crippen MR) is 32.7 cm³/mol. The molecule has 3 nitrogen and oxygen atoms in total. The lowest BCUT2D eigenvalue weighted by Crippen LogP contribution is -1.93. The average Bonchev–Trinajstić information content (AvgIpc) is 1.27. The lowest BCUT2D eigenvalue weighted by atomic mass is 10.0. The van der Waals surface area contributed by atoms with E-state index in [1.165, 1.54) is 5.34 Å². The smallest absolute Gasteiger partial charge is 0.152 e. The van der Waals surface area contributed by atoms with E-state index < -0.39 is 0 Å². The molecule has 1 N–H and O–H groups in total. The topological polar surface area (TPSA) is 49.7 Å². The molecule has 3 heteroatoms. The van der Waals surface area contributed by atoms with Gasteiger partial charge in [0.15, 0.2) is 5.34 Å². The Morgan fingerprint density at radius 3 is 1.25 bits per heavy atom. The minimum Gasteiger partial charge on any atom is -0.379 e. The molecule has 0 aromatic rings. The molecule has 0 amide bonds. The second-order valence-electron chi connectivity index (χ2n) is 3.08. The third-order valence-electron chi connectivity index (χ3n) is 0. The molecule has 0 unspecified atom stereocenters. The fourth-order valence-electron chi connectivity index (χ4n) is 0. The summed E-state index contributed by atoms with van der Waals surface area (Å²) in [6.07, 6.45) is 0. The molecule has 0 bridgehead atoms. The molecule has 0 aromatic heterocycles. The van der Waals surface area contributed by atoms with Gasteiger partial charge in [-0.15, -0.1) is 4.91 Å². The second-order valence-corrected chi connectivity index (χ2v) is 3.08. The fraction of sp³-hybridized carbons (Fsp3) is 1.00. The van der Waals surface area contributed by atoms with Crippen LogP contribution in [0.4, 0.5) is 0 Å². The van der Waals surface area contributed by atoms with E-state index in [1.54, 1.807) is 0 Å². The van der Waals surface area contributed by atoms with Crippen molar-refractivity contribution in [3.8, 4) is 0 Å². The molecule has 50 valence electrons. The average molecular weight is 119 g/mol. The van der Waals surface area contributed by atoms with Crippen LogP contribution in [-0.4, -0.2) is 5.21 Å². The lowest BCUT2D eigenvalue weighted by Gasteiger charge is -2.05. The van der Waals surface area contributed by atoms with Crippen LogP contribution in [0.2, 0.25) is 0 Å². The van der Waals surface area contributed by atoms with Gasteiger partial charge >= 0.3 is 0 Å². The zero-order valence-corrected chi connectivity index (χ0v) is 5.80. The van der Waals surface area contributed by atoms with Gasteiger partial charge < -0.3 is 5.21 Å². The summed E-state index contributed by atoms with van der Waals surface area (Å²) in [5.74, 6) is 0. The van der Waals surface area contributed by atoms with Crippen LogP contribution < -0.4 is 0 Å². The summed E-state index contributed by atoms with van der Waals surface area (Å²) < 4.78 is 0. The summed E-state index contributed by atoms with van der Waals surface area (Å²) in [7, 11) is 0. The largest absolute Gasteiger partial charge is 0.379 e. The van der Waals surface area contributed by atoms with Crippen molar-refractivity contribution in [3.63, 3.8) is 0 Å². The molecule has 0 aliphatic heterocycles. The normalized spacial score (nSPS) is 9.00. The number of nitrogens with zero attached hydrogens (tertiary/aromatic N) is 1. The monoisotopic (exact) mass is 119 g/mol. The Balaban J connectivity index is 0. The van der Waals surface area contributed by atoms with Gasteiger partial charge in [0.2, 0.25) is 0 Å². The van der Waals surface area contributed by atoms with Crippen molar-refractivity contribution in [1.29, 1.82) is 0 Å². The van der Waals surface area contributed by atoms with Crippen LogP contribution in [0.15, 0.2) is 5.34 Å². The molecule has 8 heavy (non-hydrogen) atoms. The quantitative estimate of drug-likeness (QED) is 0.392. The van der Waals surface area contributed by atoms with Gasteiger partial charge in [0.05, 0.1) is 0 Å². The van der Waals surface area contributed by atoms with Gasteiger partial charge in [-0.1, -0.05) is 27.7 Å². The molecular formula is C5H13NO2. The fourth-order valence-corrected chi connectivity index (χ4v) is 0. The van der Waals surface area contributed by atoms with Crippen LogP contribution >= 0.6 is 0 Å². The third kappa shape index (κ3) is 290. The molecule has 0 saturated carbocycles. The van der Waals surface area contributed by atoms with E-state index >= 15 is 0 Å². The summed E-state index contributed by atoms with van der Waals surface area (Å²) >= 11 is 0. The zero-order valence-electron chi connectivity index (χ0n) is 5.80. The van der Waals surface area contributed by atoms with Gasteiger partial charge in [0, 0.05) is 0 Å². The van der Waals surface area contributed by atoms with Gasteiger partial charge in [-0.3, -0.25) is 0 Å². The van der Waals surface area contributed by atoms with Crippen LogP contribution in [0.5, 0.6) is 0 Å². The van der Waals surface area contributed by atoms with E-state index in [0.29, 0.717) is 5.41 Å². The minimum atomic E-state index is 0.500. The van der Waals surface area contributed by atoms with Crippen LogP contribution in [0.1, 0.15) is 27.7 Å². The van der Waals surface area contributed by atoms with Gasteiger partial charge in [-0.05, 0) is 5.41 Å². The molecule has 0 aromatic carbocycles.